The van der Waals surface area contributed by atoms with Crippen molar-refractivity contribution in [2.45, 2.75) is 13.8 Å². The van der Waals surface area contributed by atoms with Gasteiger partial charge in [-0.1, -0.05) is 17.7 Å². The molecule has 0 atom stereocenters. The number of methoxy groups -OCH3 is 1. The zero-order valence-corrected chi connectivity index (χ0v) is 20.2. The Kier molecular flexibility index (Phi) is 7.26. The van der Waals surface area contributed by atoms with Crippen molar-refractivity contribution in [1.82, 2.24) is 5.06 Å². The van der Waals surface area contributed by atoms with Crippen LogP contribution in [-0.4, -0.2) is 49.6 Å². The first-order chi connectivity index (χ1) is 16.9. The topological polar surface area (TPSA) is 103 Å². The number of amidine groups is 2. The fourth-order valence-electron chi connectivity index (χ4n) is 3.44. The number of ether oxygens (including phenoxy) is 4. The first-order valence-corrected chi connectivity index (χ1v) is 11.2. The smallest absolute Gasteiger partial charge is 0.282 e. The van der Waals surface area contributed by atoms with Crippen molar-refractivity contribution in [3.63, 3.8) is 0 Å². The van der Waals surface area contributed by atoms with Gasteiger partial charge in [-0.2, -0.15) is 4.99 Å². The highest BCUT2D eigenvalue weighted by atomic mass is 35.5. The van der Waals surface area contributed by atoms with Gasteiger partial charge in [0.05, 0.1) is 24.3 Å². The molecule has 2 aromatic rings. The molecule has 0 aliphatic carbocycles. The first-order valence-electron chi connectivity index (χ1n) is 10.9. The quantitative estimate of drug-likeness (QED) is 0.397. The minimum Gasteiger partial charge on any atom is -0.497 e. The molecule has 0 fully saturated rings. The predicted octanol–water partition coefficient (Wildman–Crippen LogP) is 4.66. The second kappa shape index (κ2) is 10.5. The molecule has 0 bridgehead atoms. The number of fused-ring (bicyclic) bond motifs is 1. The van der Waals surface area contributed by atoms with Crippen molar-refractivity contribution in [2.24, 2.45) is 4.99 Å². The van der Waals surface area contributed by atoms with Gasteiger partial charge in [0.2, 0.25) is 0 Å². The number of halogens is 1. The van der Waals surface area contributed by atoms with Crippen molar-refractivity contribution in [1.29, 1.82) is 5.41 Å². The monoisotopic (exact) mass is 497 g/mol. The normalized spacial score (nSPS) is 15.9. The SMILES string of the molecule is CCOc1cc(/C=C2/C(=N)N3OC(C)=CC3=NC2=O)cc(Cl)c1OCCOc1cccc(OC)c1. The van der Waals surface area contributed by atoms with Crippen molar-refractivity contribution in [3.8, 4) is 23.0 Å². The number of nitrogens with zero attached hydrogens (tertiary/aromatic N) is 2. The van der Waals surface area contributed by atoms with Gasteiger partial charge in [0.15, 0.2) is 23.2 Å². The molecule has 35 heavy (non-hydrogen) atoms. The summed E-state index contributed by atoms with van der Waals surface area (Å²) in [5.74, 6) is 2.29. The number of amides is 1. The van der Waals surface area contributed by atoms with Gasteiger partial charge >= 0.3 is 0 Å². The number of hydroxylamine groups is 2. The largest absolute Gasteiger partial charge is 0.497 e. The van der Waals surface area contributed by atoms with Crippen LogP contribution < -0.4 is 18.9 Å². The van der Waals surface area contributed by atoms with Gasteiger partial charge in [-0.25, -0.2) is 0 Å². The van der Waals surface area contributed by atoms with E-state index in [1.807, 2.05) is 25.1 Å². The molecule has 0 saturated heterocycles. The number of benzene rings is 2. The molecule has 0 spiro atoms. The molecular formula is C25H24ClN3O6. The van der Waals surface area contributed by atoms with Gasteiger partial charge < -0.3 is 23.8 Å². The molecule has 0 unspecified atom stereocenters. The van der Waals surface area contributed by atoms with Gasteiger partial charge in [-0.3, -0.25) is 10.2 Å². The first kappa shape index (κ1) is 24.2. The Balaban J connectivity index is 1.49. The average Bonchev–Trinajstić information content (AvgIpc) is 3.21. The second-order valence-corrected chi connectivity index (χ2v) is 7.87. The summed E-state index contributed by atoms with van der Waals surface area (Å²) in [5.41, 5.74) is 0.616. The Morgan fingerprint density at radius 1 is 1.14 bits per heavy atom. The number of hydrogen-bond acceptors (Lipinski definition) is 7. The van der Waals surface area contributed by atoms with Crippen molar-refractivity contribution in [2.75, 3.05) is 26.9 Å². The highest BCUT2D eigenvalue weighted by Gasteiger charge is 2.34. The molecule has 0 saturated carbocycles. The predicted molar refractivity (Wildman–Crippen MR) is 131 cm³/mol. The van der Waals surface area contributed by atoms with Crippen molar-refractivity contribution < 1.29 is 28.6 Å². The lowest BCUT2D eigenvalue weighted by Gasteiger charge is -2.23. The molecule has 2 aromatic carbocycles. The molecule has 2 heterocycles. The van der Waals surface area contributed by atoms with Gasteiger partial charge in [0, 0.05) is 12.1 Å². The van der Waals surface area contributed by atoms with Gasteiger partial charge in [-0.05, 0) is 49.8 Å². The van der Waals surface area contributed by atoms with E-state index in [0.29, 0.717) is 40.9 Å². The summed E-state index contributed by atoms with van der Waals surface area (Å²) >= 11 is 6.50. The summed E-state index contributed by atoms with van der Waals surface area (Å²) in [7, 11) is 1.59. The van der Waals surface area contributed by atoms with Crippen LogP contribution in [0.1, 0.15) is 19.4 Å². The van der Waals surface area contributed by atoms with Crippen LogP contribution in [-0.2, 0) is 9.63 Å². The van der Waals surface area contributed by atoms with E-state index in [1.54, 1.807) is 38.3 Å². The third kappa shape index (κ3) is 5.41. The van der Waals surface area contributed by atoms with E-state index < -0.39 is 5.91 Å². The van der Waals surface area contributed by atoms with Crippen LogP contribution in [0.4, 0.5) is 0 Å². The van der Waals surface area contributed by atoms with Crippen LogP contribution in [0.5, 0.6) is 23.0 Å². The third-order valence-corrected chi connectivity index (χ3v) is 5.24. The molecule has 9 nitrogen and oxygen atoms in total. The van der Waals surface area contributed by atoms with Gasteiger partial charge in [0.25, 0.3) is 5.91 Å². The summed E-state index contributed by atoms with van der Waals surface area (Å²) in [4.78, 5) is 22.0. The fraction of sp³-hybridized carbons (Fsp3) is 0.240. The average molecular weight is 498 g/mol. The van der Waals surface area contributed by atoms with E-state index in [2.05, 4.69) is 4.99 Å². The van der Waals surface area contributed by atoms with E-state index in [1.165, 1.54) is 11.1 Å². The summed E-state index contributed by atoms with van der Waals surface area (Å²) < 4.78 is 22.5. The van der Waals surface area contributed by atoms with Crippen LogP contribution in [0.2, 0.25) is 5.02 Å². The minimum absolute atomic E-state index is 0.0655. The van der Waals surface area contributed by atoms with E-state index in [9.17, 15) is 4.79 Å². The lowest BCUT2D eigenvalue weighted by Crippen LogP contribution is -2.38. The van der Waals surface area contributed by atoms with Crippen LogP contribution in [0, 0.1) is 5.41 Å². The number of aliphatic imine (C=N–C) groups is 1. The van der Waals surface area contributed by atoms with Crippen LogP contribution in [0.15, 0.2) is 58.8 Å². The van der Waals surface area contributed by atoms with Crippen LogP contribution in [0.3, 0.4) is 0 Å². The Labute approximate surface area is 207 Å². The van der Waals surface area contributed by atoms with Gasteiger partial charge in [0.1, 0.15) is 30.5 Å². The van der Waals surface area contributed by atoms with E-state index >= 15 is 0 Å². The molecule has 2 aliphatic rings. The lowest BCUT2D eigenvalue weighted by molar-refractivity contribution is -0.114. The number of rotatable bonds is 9. The summed E-state index contributed by atoms with van der Waals surface area (Å²) in [6.07, 6.45) is 3.11. The molecule has 1 N–H and O–H groups in total. The highest BCUT2D eigenvalue weighted by Crippen LogP contribution is 2.38. The zero-order chi connectivity index (χ0) is 24.9. The molecular weight excluding hydrogens is 474 g/mol. The summed E-state index contributed by atoms with van der Waals surface area (Å²) in [6, 6.07) is 10.6. The highest BCUT2D eigenvalue weighted by molar-refractivity contribution is 6.33. The zero-order valence-electron chi connectivity index (χ0n) is 19.5. The van der Waals surface area contributed by atoms with E-state index in [-0.39, 0.29) is 35.5 Å². The fourth-order valence-corrected chi connectivity index (χ4v) is 3.71. The number of carbonyl (C=O) groups is 1. The Morgan fingerprint density at radius 2 is 1.91 bits per heavy atom. The Bertz CT molecular complexity index is 1250. The maximum atomic E-state index is 12.5. The van der Waals surface area contributed by atoms with E-state index in [0.717, 1.165) is 0 Å². The Hall–Kier alpha value is -3.98. The maximum absolute atomic E-state index is 12.5. The minimum atomic E-state index is -0.542. The second-order valence-electron chi connectivity index (χ2n) is 7.46. The molecule has 0 aromatic heterocycles. The summed E-state index contributed by atoms with van der Waals surface area (Å²) in [5, 5.41) is 9.86. The van der Waals surface area contributed by atoms with Crippen LogP contribution in [0.25, 0.3) is 6.08 Å². The number of carbonyl (C=O) groups excluding carboxylic acids is 1. The number of hydrogen-bond donors (Lipinski definition) is 1. The molecule has 2 aliphatic heterocycles. The molecule has 1 amide bonds. The van der Waals surface area contributed by atoms with E-state index in [4.69, 9.17) is 40.8 Å². The van der Waals surface area contributed by atoms with Crippen molar-refractivity contribution in [3.05, 3.63) is 64.4 Å². The molecule has 0 radical (unpaired) electrons. The third-order valence-electron chi connectivity index (χ3n) is 4.96. The molecule has 4 rings (SSSR count). The maximum Gasteiger partial charge on any atom is 0.282 e. The standard InChI is InChI=1S/C25H24ClN3O6/c1-4-32-21-13-16(11-19-24(27)29-22(28-25(19)30)10-15(2)35-29)12-20(26)23(21)34-9-8-33-18-7-5-6-17(14-18)31-3/h5-7,10-14,27H,4,8-9H2,1-3H3/b19-11-,27-24?. The number of allylic oxidation sites excluding steroid dienone is 1. The number of nitrogens with one attached hydrogen (secondary N) is 1. The van der Waals surface area contributed by atoms with Crippen LogP contribution >= 0.6 is 11.6 Å². The molecule has 182 valence electrons. The lowest BCUT2D eigenvalue weighted by atomic mass is 10.1. The molecule has 10 heteroatoms. The van der Waals surface area contributed by atoms with Gasteiger partial charge in [-0.15, -0.1) is 5.06 Å². The Morgan fingerprint density at radius 3 is 2.69 bits per heavy atom. The summed E-state index contributed by atoms with van der Waals surface area (Å²) in [6.45, 7) is 4.43. The van der Waals surface area contributed by atoms with Crippen molar-refractivity contribution >= 4 is 35.3 Å².